The van der Waals surface area contributed by atoms with E-state index in [0.29, 0.717) is 41.5 Å². The van der Waals surface area contributed by atoms with Crippen LogP contribution >= 0.6 is 23.2 Å². The van der Waals surface area contributed by atoms with E-state index in [1.165, 1.54) is 12.1 Å². The van der Waals surface area contributed by atoms with Gasteiger partial charge in [-0.3, -0.25) is 4.79 Å². The summed E-state index contributed by atoms with van der Waals surface area (Å²) in [5.41, 5.74) is 0.534. The SMILES string of the molecule is C[C@@H](O)CCN1C[C@H](c2c(O)ccc(Cl)c2Cl)CC1=O. The third-order valence-electron chi connectivity index (χ3n) is 3.55. The Morgan fingerprint density at radius 1 is 1.45 bits per heavy atom. The van der Waals surface area contributed by atoms with E-state index in [4.69, 9.17) is 23.2 Å². The Hall–Kier alpha value is -0.970. The molecule has 20 heavy (non-hydrogen) atoms. The largest absolute Gasteiger partial charge is 0.508 e. The second-order valence-corrected chi connectivity index (χ2v) is 5.96. The number of carbonyl (C=O) groups excluding carboxylic acids is 1. The Morgan fingerprint density at radius 3 is 2.80 bits per heavy atom. The molecule has 6 heteroatoms. The molecule has 0 spiro atoms. The highest BCUT2D eigenvalue weighted by Crippen LogP contribution is 2.41. The zero-order valence-corrected chi connectivity index (χ0v) is 12.7. The van der Waals surface area contributed by atoms with Gasteiger partial charge in [0, 0.05) is 31.0 Å². The average Bonchev–Trinajstić information content (AvgIpc) is 2.73. The van der Waals surface area contributed by atoms with Crippen molar-refractivity contribution in [1.29, 1.82) is 0 Å². The van der Waals surface area contributed by atoms with Gasteiger partial charge < -0.3 is 15.1 Å². The van der Waals surface area contributed by atoms with Crippen molar-refractivity contribution in [2.75, 3.05) is 13.1 Å². The van der Waals surface area contributed by atoms with Crippen LogP contribution in [0.1, 0.15) is 31.2 Å². The molecule has 1 heterocycles. The number of phenols is 1. The Balaban J connectivity index is 2.16. The molecule has 2 N–H and O–H groups in total. The van der Waals surface area contributed by atoms with E-state index in [1.807, 2.05) is 0 Å². The predicted octanol–water partition coefficient (Wildman–Crippen LogP) is 2.79. The summed E-state index contributed by atoms with van der Waals surface area (Å²) in [6, 6.07) is 3.02. The minimum absolute atomic E-state index is 0.00564. The van der Waals surface area contributed by atoms with Crippen molar-refractivity contribution in [3.05, 3.63) is 27.7 Å². The van der Waals surface area contributed by atoms with Gasteiger partial charge in [-0.05, 0) is 25.5 Å². The molecule has 1 saturated heterocycles. The van der Waals surface area contributed by atoms with Crippen LogP contribution in [0.15, 0.2) is 12.1 Å². The van der Waals surface area contributed by atoms with Crippen LogP contribution in [0, 0.1) is 0 Å². The van der Waals surface area contributed by atoms with E-state index in [-0.39, 0.29) is 17.6 Å². The van der Waals surface area contributed by atoms with Crippen LogP contribution in [0.4, 0.5) is 0 Å². The topological polar surface area (TPSA) is 60.8 Å². The van der Waals surface area contributed by atoms with E-state index in [2.05, 4.69) is 0 Å². The number of likely N-dealkylation sites (tertiary alicyclic amines) is 1. The fourth-order valence-electron chi connectivity index (χ4n) is 2.47. The van der Waals surface area contributed by atoms with Gasteiger partial charge in [-0.2, -0.15) is 0 Å². The summed E-state index contributed by atoms with van der Waals surface area (Å²) in [6.45, 7) is 2.68. The Morgan fingerprint density at radius 2 is 2.15 bits per heavy atom. The number of aliphatic hydroxyl groups is 1. The molecule has 1 aliphatic rings. The minimum atomic E-state index is -0.440. The first-order valence-electron chi connectivity index (χ1n) is 6.52. The maximum absolute atomic E-state index is 12.0. The van der Waals surface area contributed by atoms with Gasteiger partial charge in [-0.15, -0.1) is 0 Å². The molecule has 110 valence electrons. The molecule has 4 nitrogen and oxygen atoms in total. The van der Waals surface area contributed by atoms with Crippen molar-refractivity contribution >= 4 is 29.1 Å². The molecular formula is C14H17Cl2NO3. The molecule has 1 fully saturated rings. The monoisotopic (exact) mass is 317 g/mol. The number of rotatable bonds is 4. The summed E-state index contributed by atoms with van der Waals surface area (Å²) in [7, 11) is 0. The normalized spacial score (nSPS) is 20.5. The molecule has 2 atom stereocenters. The highest BCUT2D eigenvalue weighted by atomic mass is 35.5. The first kappa shape index (κ1) is 15.4. The predicted molar refractivity (Wildman–Crippen MR) is 78.4 cm³/mol. The molecule has 0 aliphatic carbocycles. The van der Waals surface area contributed by atoms with Crippen molar-refractivity contribution in [3.8, 4) is 5.75 Å². The quantitative estimate of drug-likeness (QED) is 0.897. The molecular weight excluding hydrogens is 301 g/mol. The molecule has 0 radical (unpaired) electrons. The van der Waals surface area contributed by atoms with Crippen LogP contribution in [-0.2, 0) is 4.79 Å². The molecule has 0 saturated carbocycles. The number of amides is 1. The van der Waals surface area contributed by atoms with E-state index in [0.717, 1.165) is 0 Å². The lowest BCUT2D eigenvalue weighted by molar-refractivity contribution is -0.127. The van der Waals surface area contributed by atoms with Gasteiger partial charge >= 0.3 is 0 Å². The highest BCUT2D eigenvalue weighted by Gasteiger charge is 2.33. The van der Waals surface area contributed by atoms with Crippen molar-refractivity contribution in [2.45, 2.75) is 31.8 Å². The Labute approximate surface area is 127 Å². The molecule has 1 aliphatic heterocycles. The lowest BCUT2D eigenvalue weighted by atomic mass is 9.97. The van der Waals surface area contributed by atoms with Gasteiger partial charge in [-0.1, -0.05) is 23.2 Å². The van der Waals surface area contributed by atoms with Crippen LogP contribution in [0.2, 0.25) is 10.0 Å². The second kappa shape index (κ2) is 6.20. The lowest BCUT2D eigenvalue weighted by Crippen LogP contribution is -2.28. The fourth-order valence-corrected chi connectivity index (χ4v) is 2.95. The summed E-state index contributed by atoms with van der Waals surface area (Å²) in [6.07, 6.45) is 0.395. The van der Waals surface area contributed by atoms with Gasteiger partial charge in [-0.25, -0.2) is 0 Å². The van der Waals surface area contributed by atoms with Gasteiger partial charge in [0.2, 0.25) is 5.91 Å². The van der Waals surface area contributed by atoms with E-state index >= 15 is 0 Å². The van der Waals surface area contributed by atoms with Crippen LogP contribution in [-0.4, -0.2) is 40.2 Å². The molecule has 0 aromatic heterocycles. The van der Waals surface area contributed by atoms with Crippen molar-refractivity contribution in [3.63, 3.8) is 0 Å². The smallest absolute Gasteiger partial charge is 0.223 e. The molecule has 1 aromatic carbocycles. The maximum atomic E-state index is 12.0. The number of carbonyl (C=O) groups is 1. The van der Waals surface area contributed by atoms with Gasteiger partial charge in [0.25, 0.3) is 0 Å². The summed E-state index contributed by atoms with van der Waals surface area (Å²) in [5.74, 6) is -0.0941. The minimum Gasteiger partial charge on any atom is -0.508 e. The molecule has 1 amide bonds. The van der Waals surface area contributed by atoms with Crippen LogP contribution in [0.25, 0.3) is 0 Å². The van der Waals surface area contributed by atoms with Gasteiger partial charge in [0.05, 0.1) is 16.1 Å². The summed E-state index contributed by atoms with van der Waals surface area (Å²) < 4.78 is 0. The zero-order valence-electron chi connectivity index (χ0n) is 11.1. The summed E-state index contributed by atoms with van der Waals surface area (Å²) in [4.78, 5) is 13.7. The number of phenolic OH excluding ortho intramolecular Hbond substituents is 1. The number of nitrogens with zero attached hydrogens (tertiary/aromatic N) is 1. The Kier molecular flexibility index (Phi) is 4.78. The van der Waals surface area contributed by atoms with Crippen LogP contribution in [0.3, 0.4) is 0 Å². The van der Waals surface area contributed by atoms with E-state index in [9.17, 15) is 15.0 Å². The molecule has 1 aromatic rings. The first-order valence-corrected chi connectivity index (χ1v) is 7.28. The number of halogens is 2. The number of aromatic hydroxyl groups is 1. The zero-order chi connectivity index (χ0) is 14.9. The third-order valence-corrected chi connectivity index (χ3v) is 4.37. The van der Waals surface area contributed by atoms with Crippen molar-refractivity contribution < 1.29 is 15.0 Å². The molecule has 2 rings (SSSR count). The fraction of sp³-hybridized carbons (Fsp3) is 0.500. The standard InChI is InChI=1S/C14H17Cl2NO3/c1-8(18)4-5-17-7-9(6-12(17)20)13-11(19)3-2-10(15)14(13)16/h2-3,8-9,18-19H,4-7H2,1H3/t8-,9-/m1/s1. The third kappa shape index (κ3) is 3.19. The number of hydrogen-bond donors (Lipinski definition) is 2. The van der Waals surface area contributed by atoms with Crippen molar-refractivity contribution in [1.82, 2.24) is 4.90 Å². The summed E-state index contributed by atoms with van der Waals surface area (Å²) >= 11 is 12.1. The van der Waals surface area contributed by atoms with E-state index in [1.54, 1.807) is 11.8 Å². The van der Waals surface area contributed by atoms with E-state index < -0.39 is 6.10 Å². The van der Waals surface area contributed by atoms with Gasteiger partial charge in [0.1, 0.15) is 5.75 Å². The second-order valence-electron chi connectivity index (χ2n) is 5.17. The lowest BCUT2D eigenvalue weighted by Gasteiger charge is -2.18. The number of hydrogen-bond acceptors (Lipinski definition) is 3. The number of benzene rings is 1. The van der Waals surface area contributed by atoms with Crippen LogP contribution in [0.5, 0.6) is 5.75 Å². The molecule has 0 bridgehead atoms. The Bertz CT molecular complexity index is 519. The van der Waals surface area contributed by atoms with Crippen molar-refractivity contribution in [2.24, 2.45) is 0 Å². The maximum Gasteiger partial charge on any atom is 0.223 e. The van der Waals surface area contributed by atoms with Gasteiger partial charge in [0.15, 0.2) is 0 Å². The van der Waals surface area contributed by atoms with Crippen LogP contribution < -0.4 is 0 Å². The molecule has 0 unspecified atom stereocenters. The highest BCUT2D eigenvalue weighted by molar-refractivity contribution is 6.42. The first-order chi connectivity index (χ1) is 9.40. The number of aliphatic hydroxyl groups excluding tert-OH is 1. The average molecular weight is 318 g/mol. The summed E-state index contributed by atoms with van der Waals surface area (Å²) in [5, 5.41) is 19.9.